The average molecular weight is 446 g/mol. The molecule has 1 N–H and O–H groups in total. The molecule has 1 saturated heterocycles. The predicted molar refractivity (Wildman–Crippen MR) is 121 cm³/mol. The lowest BCUT2D eigenvalue weighted by Gasteiger charge is -2.33. The maximum absolute atomic E-state index is 13.5. The summed E-state index contributed by atoms with van der Waals surface area (Å²) in [6.45, 7) is 9.88. The normalized spacial score (nSPS) is 18.4. The third kappa shape index (κ3) is 5.62. The molecule has 8 heteroatoms. The van der Waals surface area contributed by atoms with Gasteiger partial charge in [-0.2, -0.15) is 4.31 Å². The number of carbonyl (C=O) groups is 1. The Balaban J connectivity index is 1.84. The van der Waals surface area contributed by atoms with Crippen LogP contribution >= 0.6 is 0 Å². The van der Waals surface area contributed by atoms with Crippen LogP contribution in [0.5, 0.6) is 0 Å². The number of hydrogen-bond donors (Lipinski definition) is 1. The summed E-state index contributed by atoms with van der Waals surface area (Å²) in [5.41, 5.74) is 2.02. The van der Waals surface area contributed by atoms with Gasteiger partial charge in [0, 0.05) is 18.6 Å². The number of aryl methyl sites for hydroxylation is 2. The van der Waals surface area contributed by atoms with Crippen LogP contribution in [0.2, 0.25) is 0 Å². The van der Waals surface area contributed by atoms with Crippen molar-refractivity contribution in [2.45, 2.75) is 57.9 Å². The van der Waals surface area contributed by atoms with Crippen molar-refractivity contribution in [1.82, 2.24) is 14.8 Å². The predicted octanol–water partition coefficient (Wildman–Crippen LogP) is 3.78. The average Bonchev–Trinajstić information content (AvgIpc) is 3.07. The van der Waals surface area contributed by atoms with Gasteiger partial charge in [-0.05, 0) is 59.1 Å². The fraction of sp³-hybridized carbons (Fsp3) is 0.478. The van der Waals surface area contributed by atoms with E-state index in [2.05, 4.69) is 10.5 Å². The Kier molecular flexibility index (Phi) is 6.71. The lowest BCUT2D eigenvalue weighted by Crippen LogP contribution is -2.49. The molecule has 0 aliphatic carbocycles. The Morgan fingerprint density at radius 3 is 2.52 bits per heavy atom. The molecular weight excluding hydrogens is 414 g/mol. The molecule has 1 aromatic heterocycles. The minimum Gasteiger partial charge on any atom is -0.355 e. The zero-order valence-electron chi connectivity index (χ0n) is 18.8. The third-order valence-electron chi connectivity index (χ3n) is 5.19. The van der Waals surface area contributed by atoms with E-state index in [1.54, 1.807) is 19.1 Å². The Hall–Kier alpha value is -2.45. The molecule has 0 bridgehead atoms. The van der Waals surface area contributed by atoms with Crippen molar-refractivity contribution in [3.05, 3.63) is 46.8 Å². The zero-order valence-corrected chi connectivity index (χ0v) is 19.6. The summed E-state index contributed by atoms with van der Waals surface area (Å²) in [6.07, 6.45) is 4.72. The zero-order chi connectivity index (χ0) is 22.8. The quantitative estimate of drug-likeness (QED) is 0.756. The first-order valence-electron chi connectivity index (χ1n) is 10.5. The van der Waals surface area contributed by atoms with Crippen LogP contribution in [0.25, 0.3) is 12.2 Å². The van der Waals surface area contributed by atoms with Crippen LogP contribution < -0.4 is 5.32 Å². The molecule has 3 rings (SSSR count). The number of benzene rings is 1. The first-order valence-corrected chi connectivity index (χ1v) is 11.9. The Labute approximate surface area is 184 Å². The van der Waals surface area contributed by atoms with E-state index in [9.17, 15) is 13.2 Å². The highest BCUT2D eigenvalue weighted by Crippen LogP contribution is 2.29. The van der Waals surface area contributed by atoms with Crippen LogP contribution in [0.4, 0.5) is 0 Å². The molecule has 1 unspecified atom stereocenters. The Morgan fingerprint density at radius 1 is 1.19 bits per heavy atom. The third-order valence-corrected chi connectivity index (χ3v) is 7.21. The molecule has 1 atom stereocenters. The summed E-state index contributed by atoms with van der Waals surface area (Å²) in [6, 6.07) is 7.87. The van der Waals surface area contributed by atoms with Crippen molar-refractivity contribution in [2.75, 3.05) is 13.1 Å². The number of amides is 1. The number of hydrogen-bond acceptors (Lipinski definition) is 5. The molecule has 1 aliphatic rings. The van der Waals surface area contributed by atoms with Gasteiger partial charge in [0.2, 0.25) is 15.9 Å². The number of nitrogens with one attached hydrogen (secondary N) is 1. The van der Waals surface area contributed by atoms with Gasteiger partial charge in [-0.3, -0.25) is 4.79 Å². The van der Waals surface area contributed by atoms with Crippen LogP contribution in [0.3, 0.4) is 0 Å². The summed E-state index contributed by atoms with van der Waals surface area (Å²) in [5, 5.41) is 6.85. The first kappa shape index (κ1) is 23.2. The first-order chi connectivity index (χ1) is 14.5. The molecule has 0 spiro atoms. The van der Waals surface area contributed by atoms with Gasteiger partial charge < -0.3 is 9.84 Å². The van der Waals surface area contributed by atoms with E-state index >= 15 is 0 Å². The maximum Gasteiger partial charge on any atom is 0.248 e. The highest BCUT2D eigenvalue weighted by Gasteiger charge is 2.37. The van der Waals surface area contributed by atoms with E-state index in [0.29, 0.717) is 25.1 Å². The summed E-state index contributed by atoms with van der Waals surface area (Å²) in [7, 11) is -3.86. The summed E-state index contributed by atoms with van der Waals surface area (Å²) >= 11 is 0. The standard InChI is InChI=1S/C23H31N3O4S/c1-16-8-10-18(11-9-16)12-13-20-21(17(2)25-30-20)31(28,29)26-14-6-7-19(15-26)22(27)24-23(3,4)5/h8-13,19H,6-7,14-15H2,1-5H3,(H,24,27)/b13-12+. The second-order valence-electron chi connectivity index (χ2n) is 9.15. The SMILES string of the molecule is Cc1ccc(/C=C/c2onc(C)c2S(=O)(=O)N2CCCC(C(=O)NC(C)(C)C)C2)cc1. The number of sulfonamides is 1. The van der Waals surface area contributed by atoms with Crippen LogP contribution in [0.1, 0.15) is 56.2 Å². The molecule has 1 aliphatic heterocycles. The van der Waals surface area contributed by atoms with Crippen LogP contribution in [0.15, 0.2) is 33.7 Å². The number of carbonyl (C=O) groups excluding carboxylic acids is 1. The van der Waals surface area contributed by atoms with E-state index in [0.717, 1.165) is 11.1 Å². The second kappa shape index (κ2) is 8.96. The fourth-order valence-electron chi connectivity index (χ4n) is 3.62. The van der Waals surface area contributed by atoms with Crippen molar-refractivity contribution in [1.29, 1.82) is 0 Å². The molecule has 31 heavy (non-hydrogen) atoms. The largest absolute Gasteiger partial charge is 0.355 e. The van der Waals surface area contributed by atoms with Gasteiger partial charge in [0.15, 0.2) is 10.7 Å². The summed E-state index contributed by atoms with van der Waals surface area (Å²) in [4.78, 5) is 12.7. The highest BCUT2D eigenvalue weighted by molar-refractivity contribution is 7.89. The van der Waals surface area contributed by atoms with Gasteiger partial charge >= 0.3 is 0 Å². The van der Waals surface area contributed by atoms with Gasteiger partial charge in [0.25, 0.3) is 0 Å². The van der Waals surface area contributed by atoms with Crippen molar-refractivity contribution in [3.63, 3.8) is 0 Å². The van der Waals surface area contributed by atoms with Gasteiger partial charge in [-0.15, -0.1) is 0 Å². The molecular formula is C23H31N3O4S. The van der Waals surface area contributed by atoms with Crippen molar-refractivity contribution >= 4 is 28.1 Å². The monoisotopic (exact) mass is 445 g/mol. The van der Waals surface area contributed by atoms with Crippen molar-refractivity contribution < 1.29 is 17.7 Å². The smallest absolute Gasteiger partial charge is 0.248 e. The minimum atomic E-state index is -3.86. The van der Waals surface area contributed by atoms with Gasteiger partial charge in [-0.1, -0.05) is 41.1 Å². The van der Waals surface area contributed by atoms with Crippen molar-refractivity contribution in [3.8, 4) is 0 Å². The molecule has 7 nitrogen and oxygen atoms in total. The molecule has 2 aromatic rings. The van der Waals surface area contributed by atoms with Crippen LogP contribution in [0, 0.1) is 19.8 Å². The van der Waals surface area contributed by atoms with Gasteiger partial charge in [0.1, 0.15) is 5.69 Å². The molecule has 168 valence electrons. The van der Waals surface area contributed by atoms with E-state index < -0.39 is 10.0 Å². The van der Waals surface area contributed by atoms with E-state index in [-0.39, 0.29) is 34.6 Å². The number of rotatable bonds is 5. The number of nitrogens with zero attached hydrogens (tertiary/aromatic N) is 2. The van der Waals surface area contributed by atoms with Crippen LogP contribution in [-0.4, -0.2) is 42.4 Å². The molecule has 1 amide bonds. The van der Waals surface area contributed by atoms with Gasteiger partial charge in [-0.25, -0.2) is 8.42 Å². The molecule has 1 aromatic carbocycles. The Bertz CT molecular complexity index is 1060. The van der Waals surface area contributed by atoms with Crippen molar-refractivity contribution in [2.24, 2.45) is 5.92 Å². The van der Waals surface area contributed by atoms with E-state index in [1.165, 1.54) is 4.31 Å². The van der Waals surface area contributed by atoms with Gasteiger partial charge in [0.05, 0.1) is 5.92 Å². The molecule has 1 fully saturated rings. The Morgan fingerprint density at radius 2 is 1.87 bits per heavy atom. The highest BCUT2D eigenvalue weighted by atomic mass is 32.2. The topological polar surface area (TPSA) is 92.5 Å². The minimum absolute atomic E-state index is 0.0627. The number of piperidine rings is 1. The molecule has 0 radical (unpaired) electrons. The number of aromatic nitrogens is 1. The lowest BCUT2D eigenvalue weighted by molar-refractivity contribution is -0.127. The summed E-state index contributed by atoms with van der Waals surface area (Å²) in [5.74, 6) is -0.303. The summed E-state index contributed by atoms with van der Waals surface area (Å²) < 4.78 is 33.6. The van der Waals surface area contributed by atoms with E-state index in [4.69, 9.17) is 4.52 Å². The fourth-order valence-corrected chi connectivity index (χ4v) is 5.40. The lowest BCUT2D eigenvalue weighted by atomic mass is 9.97. The second-order valence-corrected chi connectivity index (χ2v) is 11.0. The molecule has 0 saturated carbocycles. The molecule has 2 heterocycles. The van der Waals surface area contributed by atoms with Crippen LogP contribution in [-0.2, 0) is 14.8 Å². The van der Waals surface area contributed by atoms with E-state index in [1.807, 2.05) is 52.0 Å². The maximum atomic E-state index is 13.5.